The molecule has 0 bridgehead atoms. The van der Waals surface area contributed by atoms with E-state index < -0.39 is 30.7 Å². The molecule has 0 aromatic rings. The number of hydrogen-bond acceptors (Lipinski definition) is 5. The van der Waals surface area contributed by atoms with Gasteiger partial charge in [-0.3, -0.25) is 0 Å². The predicted octanol–water partition coefficient (Wildman–Crippen LogP) is -0.329. The van der Waals surface area contributed by atoms with E-state index in [2.05, 4.69) is 6.58 Å². The normalized spacial score (nSPS) is 41.5. The van der Waals surface area contributed by atoms with Gasteiger partial charge in [-0.2, -0.15) is 0 Å². The van der Waals surface area contributed by atoms with Gasteiger partial charge in [-0.05, 0) is 6.92 Å². The molecule has 1 fully saturated rings. The largest absolute Gasteiger partial charge is 0.388 e. The molecule has 2 N–H and O–H groups in total. The molecule has 0 aromatic carbocycles. The molecule has 0 unspecified atom stereocenters. The molecule has 1 saturated heterocycles. The molecular weight excluding hydrogens is 200 g/mol. The Hall–Kier alpha value is -0.460. The van der Waals surface area contributed by atoms with Crippen LogP contribution in [0.3, 0.4) is 0 Å². The van der Waals surface area contributed by atoms with Crippen LogP contribution in [0.1, 0.15) is 6.92 Å². The van der Waals surface area contributed by atoms with Gasteiger partial charge in [0.2, 0.25) is 0 Å². The minimum atomic E-state index is -1.01. The van der Waals surface area contributed by atoms with Gasteiger partial charge in [0.15, 0.2) is 6.29 Å². The van der Waals surface area contributed by atoms with Gasteiger partial charge < -0.3 is 24.4 Å². The molecule has 15 heavy (non-hydrogen) atoms. The monoisotopic (exact) mass is 218 g/mol. The van der Waals surface area contributed by atoms with Gasteiger partial charge in [-0.1, -0.05) is 6.08 Å². The molecule has 5 heteroatoms. The van der Waals surface area contributed by atoms with E-state index in [0.717, 1.165) is 0 Å². The molecular formula is C10H18O5. The van der Waals surface area contributed by atoms with Gasteiger partial charge in [0.25, 0.3) is 0 Å². The molecule has 1 aliphatic heterocycles. The molecule has 5 nitrogen and oxygen atoms in total. The van der Waals surface area contributed by atoms with Crippen LogP contribution in [0.15, 0.2) is 12.7 Å². The molecule has 0 radical (unpaired) electrons. The standard InChI is InChI=1S/C10H18O5/c1-4-5-14-10-9(13-3)8(12)7(11)6(2)15-10/h4,6-12H,1,5H2,2-3H3/t6-,7+,8+,9+,10-/m1/s1. The van der Waals surface area contributed by atoms with Crippen LogP contribution >= 0.6 is 0 Å². The van der Waals surface area contributed by atoms with Crippen molar-refractivity contribution in [2.24, 2.45) is 0 Å². The SMILES string of the molecule is C=CCO[C@@H]1O[C@H](C)[C@H](O)[C@H](O)[C@@H]1OC. The highest BCUT2D eigenvalue weighted by Crippen LogP contribution is 2.23. The lowest BCUT2D eigenvalue weighted by atomic mass is 10.00. The maximum Gasteiger partial charge on any atom is 0.187 e. The Labute approximate surface area is 89.3 Å². The fourth-order valence-corrected chi connectivity index (χ4v) is 1.55. The summed E-state index contributed by atoms with van der Waals surface area (Å²) in [5.74, 6) is 0. The highest BCUT2D eigenvalue weighted by Gasteiger charge is 2.43. The van der Waals surface area contributed by atoms with Crippen LogP contribution in [0, 0.1) is 0 Å². The third kappa shape index (κ3) is 2.76. The molecule has 88 valence electrons. The zero-order chi connectivity index (χ0) is 11.4. The van der Waals surface area contributed by atoms with Crippen molar-refractivity contribution in [3.8, 4) is 0 Å². The zero-order valence-corrected chi connectivity index (χ0v) is 9.00. The lowest BCUT2D eigenvalue weighted by molar-refractivity contribution is -0.295. The van der Waals surface area contributed by atoms with Gasteiger partial charge in [0.1, 0.15) is 18.3 Å². The van der Waals surface area contributed by atoms with Crippen LogP contribution in [0.4, 0.5) is 0 Å². The Kier molecular flexibility index (Phi) is 4.69. The summed E-state index contributed by atoms with van der Waals surface area (Å²) in [4.78, 5) is 0. The van der Waals surface area contributed by atoms with Crippen LogP contribution in [0.5, 0.6) is 0 Å². The second-order valence-corrected chi connectivity index (χ2v) is 3.51. The molecule has 1 heterocycles. The van der Waals surface area contributed by atoms with E-state index in [4.69, 9.17) is 14.2 Å². The van der Waals surface area contributed by atoms with Crippen LogP contribution in [-0.4, -0.2) is 54.6 Å². The summed E-state index contributed by atoms with van der Waals surface area (Å²) in [6.45, 7) is 5.49. The highest BCUT2D eigenvalue weighted by molar-refractivity contribution is 4.88. The average Bonchev–Trinajstić information content (AvgIpc) is 2.23. The van der Waals surface area contributed by atoms with Crippen molar-refractivity contribution in [1.29, 1.82) is 0 Å². The summed E-state index contributed by atoms with van der Waals surface area (Å²) < 4.78 is 15.7. The quantitative estimate of drug-likeness (QED) is 0.632. The lowest BCUT2D eigenvalue weighted by Crippen LogP contribution is -2.58. The van der Waals surface area contributed by atoms with E-state index in [0.29, 0.717) is 6.61 Å². The fraction of sp³-hybridized carbons (Fsp3) is 0.800. The van der Waals surface area contributed by atoms with Crippen molar-refractivity contribution in [2.45, 2.75) is 37.6 Å². The van der Waals surface area contributed by atoms with Crippen molar-refractivity contribution < 1.29 is 24.4 Å². The molecule has 1 rings (SSSR count). The lowest BCUT2D eigenvalue weighted by Gasteiger charge is -2.40. The van der Waals surface area contributed by atoms with Crippen LogP contribution in [0.25, 0.3) is 0 Å². The number of rotatable bonds is 4. The maximum atomic E-state index is 9.72. The van der Waals surface area contributed by atoms with Crippen LogP contribution in [-0.2, 0) is 14.2 Å². The third-order valence-corrected chi connectivity index (χ3v) is 2.43. The van der Waals surface area contributed by atoms with E-state index >= 15 is 0 Å². The molecule has 0 amide bonds. The number of methoxy groups -OCH3 is 1. The highest BCUT2D eigenvalue weighted by atomic mass is 16.7. The predicted molar refractivity (Wildman–Crippen MR) is 53.3 cm³/mol. The summed E-state index contributed by atoms with van der Waals surface area (Å²) in [6, 6.07) is 0. The third-order valence-electron chi connectivity index (χ3n) is 2.43. The topological polar surface area (TPSA) is 68.2 Å². The minimum absolute atomic E-state index is 0.306. The second kappa shape index (κ2) is 5.58. The molecule has 0 saturated carbocycles. The van der Waals surface area contributed by atoms with Crippen molar-refractivity contribution in [2.75, 3.05) is 13.7 Å². The van der Waals surface area contributed by atoms with E-state index in [9.17, 15) is 10.2 Å². The van der Waals surface area contributed by atoms with Crippen LogP contribution < -0.4 is 0 Å². The summed E-state index contributed by atoms with van der Waals surface area (Å²) in [5, 5.41) is 19.3. The first-order valence-corrected chi connectivity index (χ1v) is 4.88. The molecule has 0 aromatic heterocycles. The first-order valence-electron chi connectivity index (χ1n) is 4.88. The van der Waals surface area contributed by atoms with Gasteiger partial charge in [0, 0.05) is 7.11 Å². The maximum absolute atomic E-state index is 9.72. The van der Waals surface area contributed by atoms with Crippen molar-refractivity contribution in [1.82, 2.24) is 0 Å². The fourth-order valence-electron chi connectivity index (χ4n) is 1.55. The van der Waals surface area contributed by atoms with E-state index in [1.807, 2.05) is 0 Å². The Morgan fingerprint density at radius 3 is 2.60 bits per heavy atom. The Balaban J connectivity index is 2.64. The van der Waals surface area contributed by atoms with Crippen molar-refractivity contribution in [3.05, 3.63) is 12.7 Å². The molecule has 0 spiro atoms. The van der Waals surface area contributed by atoms with Gasteiger partial charge in [-0.15, -0.1) is 6.58 Å². The number of aliphatic hydroxyl groups excluding tert-OH is 2. The number of ether oxygens (including phenoxy) is 3. The van der Waals surface area contributed by atoms with E-state index in [1.165, 1.54) is 7.11 Å². The minimum Gasteiger partial charge on any atom is -0.388 e. The summed E-state index contributed by atoms with van der Waals surface area (Å²) in [6.07, 6.45) is -2.23. The first-order chi connectivity index (χ1) is 7.11. The summed E-state index contributed by atoms with van der Waals surface area (Å²) >= 11 is 0. The number of aliphatic hydroxyl groups is 2. The molecule has 0 aliphatic carbocycles. The van der Waals surface area contributed by atoms with Crippen LogP contribution in [0.2, 0.25) is 0 Å². The molecule has 1 aliphatic rings. The Morgan fingerprint density at radius 1 is 1.40 bits per heavy atom. The summed E-state index contributed by atoms with van der Waals surface area (Å²) in [7, 11) is 1.43. The zero-order valence-electron chi connectivity index (χ0n) is 9.00. The smallest absolute Gasteiger partial charge is 0.187 e. The van der Waals surface area contributed by atoms with Crippen molar-refractivity contribution in [3.63, 3.8) is 0 Å². The molecule has 5 atom stereocenters. The Bertz CT molecular complexity index is 208. The van der Waals surface area contributed by atoms with Gasteiger partial charge >= 0.3 is 0 Å². The summed E-state index contributed by atoms with van der Waals surface area (Å²) in [5.41, 5.74) is 0. The number of hydrogen-bond donors (Lipinski definition) is 2. The van der Waals surface area contributed by atoms with Crippen molar-refractivity contribution >= 4 is 0 Å². The van der Waals surface area contributed by atoms with Gasteiger partial charge in [0.05, 0.1) is 12.7 Å². The first kappa shape index (κ1) is 12.6. The van der Waals surface area contributed by atoms with E-state index in [1.54, 1.807) is 13.0 Å². The Morgan fingerprint density at radius 2 is 2.07 bits per heavy atom. The van der Waals surface area contributed by atoms with E-state index in [-0.39, 0.29) is 0 Å². The second-order valence-electron chi connectivity index (χ2n) is 3.51. The van der Waals surface area contributed by atoms with Gasteiger partial charge in [-0.25, -0.2) is 0 Å². The average molecular weight is 218 g/mol.